The van der Waals surface area contributed by atoms with E-state index in [4.69, 9.17) is 0 Å². The highest BCUT2D eigenvalue weighted by Gasteiger charge is 2.22. The number of nitrogens with one attached hydrogen (secondary N) is 2. The van der Waals surface area contributed by atoms with E-state index in [-0.39, 0.29) is 24.8 Å². The maximum atomic E-state index is 11.8. The van der Waals surface area contributed by atoms with Gasteiger partial charge in [-0.25, -0.2) is 0 Å². The fourth-order valence-corrected chi connectivity index (χ4v) is 2.87. The van der Waals surface area contributed by atoms with Gasteiger partial charge < -0.3 is 10.6 Å². The zero-order valence-electron chi connectivity index (χ0n) is 11.0. The predicted octanol–water partition coefficient (Wildman–Crippen LogP) is 2.67. The lowest BCUT2D eigenvalue weighted by Crippen LogP contribution is -2.38. The summed E-state index contributed by atoms with van der Waals surface area (Å²) in [5, 5.41) is 6.60. The molecule has 1 heterocycles. The summed E-state index contributed by atoms with van der Waals surface area (Å²) in [7, 11) is 0. The Labute approximate surface area is 123 Å². The molecule has 0 radical (unpaired) electrons. The average molecular weight is 297 g/mol. The highest BCUT2D eigenvalue weighted by atomic mass is 35.5. The van der Waals surface area contributed by atoms with Gasteiger partial charge in [0.05, 0.1) is 0 Å². The Morgan fingerprint density at radius 1 is 1.06 bits per heavy atom. The molecule has 3 nitrogen and oxygen atoms in total. The lowest BCUT2D eigenvalue weighted by molar-refractivity contribution is -0.124. The smallest absolute Gasteiger partial charge is 0.223 e. The third-order valence-electron chi connectivity index (χ3n) is 3.93. The molecule has 1 amide bonds. The molecule has 0 spiro atoms. The summed E-state index contributed by atoms with van der Waals surface area (Å²) in [5.41, 5.74) is 0. The van der Waals surface area contributed by atoms with Crippen molar-refractivity contribution in [2.24, 2.45) is 5.92 Å². The molecule has 2 N–H and O–H groups in total. The van der Waals surface area contributed by atoms with Crippen molar-refractivity contribution in [3.8, 4) is 0 Å². The summed E-state index contributed by atoms with van der Waals surface area (Å²) in [6.07, 6.45) is 9.71. The van der Waals surface area contributed by atoms with E-state index in [0.717, 1.165) is 32.4 Å². The van der Waals surface area contributed by atoms with Crippen LogP contribution in [-0.4, -0.2) is 25.0 Å². The van der Waals surface area contributed by atoms with Gasteiger partial charge in [-0.05, 0) is 38.6 Å². The van der Waals surface area contributed by atoms with Crippen LogP contribution in [0.5, 0.6) is 0 Å². The van der Waals surface area contributed by atoms with Gasteiger partial charge in [0.2, 0.25) is 5.91 Å². The number of piperidine rings is 1. The largest absolute Gasteiger partial charge is 0.356 e. The van der Waals surface area contributed by atoms with E-state index in [1.165, 1.54) is 32.1 Å². The molecule has 0 aromatic rings. The van der Waals surface area contributed by atoms with Crippen LogP contribution in [0.15, 0.2) is 0 Å². The first-order chi connectivity index (χ1) is 7.86. The number of carbonyl (C=O) groups excluding carboxylic acids is 1. The number of rotatable bonds is 4. The van der Waals surface area contributed by atoms with Crippen molar-refractivity contribution < 1.29 is 4.79 Å². The molecule has 2 fully saturated rings. The highest BCUT2D eigenvalue weighted by Crippen LogP contribution is 2.24. The van der Waals surface area contributed by atoms with E-state index in [0.29, 0.717) is 17.9 Å². The van der Waals surface area contributed by atoms with Crippen molar-refractivity contribution in [3.63, 3.8) is 0 Å². The van der Waals surface area contributed by atoms with Crippen LogP contribution in [0.25, 0.3) is 0 Å². The Hall–Kier alpha value is 0.01000. The van der Waals surface area contributed by atoms with Gasteiger partial charge in [-0.15, -0.1) is 24.8 Å². The van der Waals surface area contributed by atoms with Crippen LogP contribution in [-0.2, 0) is 4.79 Å². The van der Waals surface area contributed by atoms with Crippen LogP contribution in [0.1, 0.15) is 51.4 Å². The van der Waals surface area contributed by atoms with Crippen molar-refractivity contribution in [3.05, 3.63) is 0 Å². The standard InChI is InChI=1S/C13H24N2O.2ClH/c16-13(11-5-1-2-6-11)15-10-8-12-7-3-4-9-14-12;;/h11-12,14H,1-10H2,(H,15,16);2*1H. The summed E-state index contributed by atoms with van der Waals surface area (Å²) in [5.74, 6) is 0.618. The molecule has 1 atom stereocenters. The van der Waals surface area contributed by atoms with Gasteiger partial charge in [0.25, 0.3) is 0 Å². The van der Waals surface area contributed by atoms with E-state index >= 15 is 0 Å². The summed E-state index contributed by atoms with van der Waals surface area (Å²) >= 11 is 0. The molecule has 1 saturated heterocycles. The minimum Gasteiger partial charge on any atom is -0.356 e. The number of amides is 1. The van der Waals surface area contributed by atoms with E-state index in [1.807, 2.05) is 0 Å². The van der Waals surface area contributed by atoms with Crippen LogP contribution in [0.3, 0.4) is 0 Å². The molecular formula is C13H26Cl2N2O. The Kier molecular flexibility index (Phi) is 9.88. The van der Waals surface area contributed by atoms with Gasteiger partial charge in [-0.3, -0.25) is 4.79 Å². The molecule has 1 aliphatic heterocycles. The summed E-state index contributed by atoms with van der Waals surface area (Å²) in [6, 6.07) is 0.637. The number of hydrogen-bond acceptors (Lipinski definition) is 2. The maximum Gasteiger partial charge on any atom is 0.223 e. The van der Waals surface area contributed by atoms with Crippen molar-refractivity contribution >= 4 is 30.7 Å². The molecule has 0 aromatic heterocycles. The minimum atomic E-state index is 0. The van der Waals surface area contributed by atoms with Gasteiger partial charge in [0.15, 0.2) is 0 Å². The van der Waals surface area contributed by atoms with Crippen molar-refractivity contribution in [2.75, 3.05) is 13.1 Å². The number of carbonyl (C=O) groups is 1. The molecule has 18 heavy (non-hydrogen) atoms. The van der Waals surface area contributed by atoms with Crippen molar-refractivity contribution in [2.45, 2.75) is 57.4 Å². The van der Waals surface area contributed by atoms with Crippen LogP contribution in [0.4, 0.5) is 0 Å². The SMILES string of the molecule is Cl.Cl.O=C(NCCC1CCCCN1)C1CCCC1. The zero-order chi connectivity index (χ0) is 11.2. The van der Waals surface area contributed by atoms with Gasteiger partial charge in [0.1, 0.15) is 0 Å². The van der Waals surface area contributed by atoms with Gasteiger partial charge in [-0.2, -0.15) is 0 Å². The maximum absolute atomic E-state index is 11.8. The Balaban J connectivity index is 0.00000144. The summed E-state index contributed by atoms with van der Waals surface area (Å²) in [6.45, 7) is 2.01. The Morgan fingerprint density at radius 2 is 1.72 bits per heavy atom. The van der Waals surface area contributed by atoms with Gasteiger partial charge in [0, 0.05) is 18.5 Å². The topological polar surface area (TPSA) is 41.1 Å². The first-order valence-electron chi connectivity index (χ1n) is 6.87. The van der Waals surface area contributed by atoms with E-state index in [1.54, 1.807) is 0 Å². The molecule has 2 rings (SSSR count). The van der Waals surface area contributed by atoms with Crippen LogP contribution in [0, 0.1) is 5.92 Å². The van der Waals surface area contributed by atoms with E-state index in [9.17, 15) is 4.79 Å². The number of hydrogen-bond donors (Lipinski definition) is 2. The summed E-state index contributed by atoms with van der Waals surface area (Å²) < 4.78 is 0. The molecule has 1 aliphatic carbocycles. The molecular weight excluding hydrogens is 271 g/mol. The second-order valence-corrected chi connectivity index (χ2v) is 5.21. The molecule has 108 valence electrons. The van der Waals surface area contributed by atoms with E-state index < -0.39 is 0 Å². The van der Waals surface area contributed by atoms with Crippen LogP contribution < -0.4 is 10.6 Å². The van der Waals surface area contributed by atoms with Crippen LogP contribution >= 0.6 is 24.8 Å². The van der Waals surface area contributed by atoms with Gasteiger partial charge in [-0.1, -0.05) is 19.3 Å². The first kappa shape index (κ1) is 18.0. The molecule has 5 heteroatoms. The quantitative estimate of drug-likeness (QED) is 0.837. The Bertz CT molecular complexity index is 227. The average Bonchev–Trinajstić information content (AvgIpc) is 2.84. The van der Waals surface area contributed by atoms with Crippen molar-refractivity contribution in [1.82, 2.24) is 10.6 Å². The lowest BCUT2D eigenvalue weighted by Gasteiger charge is -2.23. The second kappa shape index (κ2) is 9.88. The molecule has 0 bridgehead atoms. The third kappa shape index (κ3) is 5.77. The molecule has 2 aliphatic rings. The lowest BCUT2D eigenvalue weighted by atomic mass is 10.0. The molecule has 1 unspecified atom stereocenters. The number of halogens is 2. The minimum absolute atomic E-state index is 0. The monoisotopic (exact) mass is 296 g/mol. The second-order valence-electron chi connectivity index (χ2n) is 5.21. The highest BCUT2D eigenvalue weighted by molar-refractivity contribution is 5.85. The third-order valence-corrected chi connectivity index (χ3v) is 3.93. The normalized spacial score (nSPS) is 23.9. The first-order valence-corrected chi connectivity index (χ1v) is 6.87. The van der Waals surface area contributed by atoms with Crippen molar-refractivity contribution in [1.29, 1.82) is 0 Å². The fourth-order valence-electron chi connectivity index (χ4n) is 2.87. The van der Waals surface area contributed by atoms with Gasteiger partial charge >= 0.3 is 0 Å². The van der Waals surface area contributed by atoms with E-state index in [2.05, 4.69) is 10.6 Å². The fraction of sp³-hybridized carbons (Fsp3) is 0.923. The predicted molar refractivity (Wildman–Crippen MR) is 79.7 cm³/mol. The van der Waals surface area contributed by atoms with Crippen LogP contribution in [0.2, 0.25) is 0 Å². The molecule has 1 saturated carbocycles. The Morgan fingerprint density at radius 3 is 2.33 bits per heavy atom. The zero-order valence-corrected chi connectivity index (χ0v) is 12.6. The molecule has 0 aromatic carbocycles. The summed E-state index contributed by atoms with van der Waals surface area (Å²) in [4.78, 5) is 11.8.